The molecule has 0 saturated carbocycles. The Hall–Kier alpha value is -0.780. The van der Waals surface area contributed by atoms with Crippen molar-refractivity contribution in [3.63, 3.8) is 0 Å². The lowest BCUT2D eigenvalue weighted by molar-refractivity contribution is 0.489. The van der Waals surface area contributed by atoms with Crippen LogP contribution < -0.4 is 5.32 Å². The summed E-state index contributed by atoms with van der Waals surface area (Å²) in [6.07, 6.45) is 0. The molecule has 0 aliphatic rings. The van der Waals surface area contributed by atoms with Crippen LogP contribution in [0.3, 0.4) is 0 Å². The maximum atomic E-state index is 13.6. The third kappa shape index (κ3) is 3.41. The van der Waals surface area contributed by atoms with Crippen LogP contribution in [0.15, 0.2) is 28.7 Å². The van der Waals surface area contributed by atoms with Crippen molar-refractivity contribution in [2.75, 3.05) is 0 Å². The van der Waals surface area contributed by atoms with Crippen LogP contribution in [-0.2, 0) is 6.54 Å². The number of nitrogens with one attached hydrogen (secondary N) is 1. The molecule has 0 saturated heterocycles. The van der Waals surface area contributed by atoms with Crippen LogP contribution in [0.1, 0.15) is 28.3 Å². The van der Waals surface area contributed by atoms with Gasteiger partial charge in [-0.3, -0.25) is 0 Å². The molecule has 2 aromatic rings. The zero-order valence-corrected chi connectivity index (χ0v) is 13.0. The van der Waals surface area contributed by atoms with Gasteiger partial charge in [-0.1, -0.05) is 6.07 Å². The van der Waals surface area contributed by atoms with E-state index in [-0.39, 0.29) is 11.6 Å². The van der Waals surface area contributed by atoms with Crippen LogP contribution in [0.5, 0.6) is 0 Å². The number of rotatable bonds is 4. The SMILES string of the molecule is Cc1sc(CNC(C)c2c(F)cccc2F)cc1Br. The average Bonchev–Trinajstić information content (AvgIpc) is 2.66. The van der Waals surface area contributed by atoms with E-state index in [0.717, 1.165) is 9.35 Å². The maximum Gasteiger partial charge on any atom is 0.130 e. The first kappa shape index (κ1) is 14.6. The standard InChI is InChI=1S/C14H14BrF2NS/c1-8(14-12(16)4-3-5-13(14)17)18-7-10-6-11(15)9(2)19-10/h3-6,8,18H,7H2,1-2H3. The van der Waals surface area contributed by atoms with E-state index in [4.69, 9.17) is 0 Å². The highest BCUT2D eigenvalue weighted by atomic mass is 79.9. The molecular formula is C14H14BrF2NS. The van der Waals surface area contributed by atoms with Crippen LogP contribution in [0.4, 0.5) is 8.78 Å². The molecule has 0 amide bonds. The second-order valence-electron chi connectivity index (χ2n) is 4.35. The minimum atomic E-state index is -0.511. The monoisotopic (exact) mass is 345 g/mol. The molecule has 19 heavy (non-hydrogen) atoms. The Balaban J connectivity index is 2.07. The molecular weight excluding hydrogens is 332 g/mol. The van der Waals surface area contributed by atoms with Gasteiger partial charge < -0.3 is 5.32 Å². The van der Waals surface area contributed by atoms with E-state index in [0.29, 0.717) is 6.54 Å². The summed E-state index contributed by atoms with van der Waals surface area (Å²) in [6.45, 7) is 4.38. The molecule has 1 aromatic heterocycles. The molecule has 1 aromatic carbocycles. The molecule has 0 fully saturated rings. The van der Waals surface area contributed by atoms with Crippen molar-refractivity contribution in [2.45, 2.75) is 26.4 Å². The topological polar surface area (TPSA) is 12.0 Å². The molecule has 0 aliphatic heterocycles. The van der Waals surface area contributed by atoms with Crippen molar-refractivity contribution >= 4 is 27.3 Å². The van der Waals surface area contributed by atoms with Crippen molar-refractivity contribution < 1.29 is 8.78 Å². The second-order valence-corrected chi connectivity index (χ2v) is 6.55. The number of hydrogen-bond acceptors (Lipinski definition) is 2. The summed E-state index contributed by atoms with van der Waals surface area (Å²) in [7, 11) is 0. The lowest BCUT2D eigenvalue weighted by Gasteiger charge is -2.15. The maximum absolute atomic E-state index is 13.6. The highest BCUT2D eigenvalue weighted by Crippen LogP contribution is 2.27. The zero-order chi connectivity index (χ0) is 14.0. The first-order valence-corrected chi connectivity index (χ1v) is 7.52. The number of benzene rings is 1. The molecule has 0 bridgehead atoms. The Labute approximate surface area is 123 Å². The molecule has 1 N–H and O–H groups in total. The lowest BCUT2D eigenvalue weighted by atomic mass is 10.1. The van der Waals surface area contributed by atoms with Gasteiger partial charge in [-0.15, -0.1) is 11.3 Å². The predicted molar refractivity (Wildman–Crippen MR) is 78.4 cm³/mol. The summed E-state index contributed by atoms with van der Waals surface area (Å²) in [5, 5.41) is 3.15. The summed E-state index contributed by atoms with van der Waals surface area (Å²) in [5.74, 6) is -1.02. The second kappa shape index (κ2) is 6.11. The number of aryl methyl sites for hydroxylation is 1. The van der Waals surface area contributed by atoms with Crippen molar-refractivity contribution in [3.8, 4) is 0 Å². The average molecular weight is 346 g/mol. The number of thiophene rings is 1. The van der Waals surface area contributed by atoms with Crippen LogP contribution in [0.2, 0.25) is 0 Å². The van der Waals surface area contributed by atoms with Gasteiger partial charge >= 0.3 is 0 Å². The number of halogens is 3. The smallest absolute Gasteiger partial charge is 0.130 e. The predicted octanol–water partition coefficient (Wildman–Crippen LogP) is 4.95. The Kier molecular flexibility index (Phi) is 4.71. The first-order valence-electron chi connectivity index (χ1n) is 5.91. The van der Waals surface area contributed by atoms with E-state index in [1.807, 2.05) is 13.0 Å². The van der Waals surface area contributed by atoms with E-state index >= 15 is 0 Å². The van der Waals surface area contributed by atoms with Crippen molar-refractivity contribution in [3.05, 3.63) is 55.7 Å². The summed E-state index contributed by atoms with van der Waals surface area (Å²) in [6, 6.07) is 5.59. The Bertz CT molecular complexity index is 543. The highest BCUT2D eigenvalue weighted by molar-refractivity contribution is 9.10. The molecule has 0 spiro atoms. The summed E-state index contributed by atoms with van der Waals surface area (Å²) in [4.78, 5) is 2.33. The van der Waals surface area contributed by atoms with Crippen molar-refractivity contribution in [1.29, 1.82) is 0 Å². The van der Waals surface area contributed by atoms with Gasteiger partial charge in [0.1, 0.15) is 11.6 Å². The van der Waals surface area contributed by atoms with Crippen molar-refractivity contribution in [1.82, 2.24) is 5.32 Å². The third-order valence-electron chi connectivity index (χ3n) is 2.92. The molecule has 1 nitrogen and oxygen atoms in total. The summed E-state index contributed by atoms with van der Waals surface area (Å²) in [5.41, 5.74) is 0.0924. The Morgan fingerprint density at radius 2 is 1.95 bits per heavy atom. The van der Waals surface area contributed by atoms with Crippen LogP contribution in [-0.4, -0.2) is 0 Å². The lowest BCUT2D eigenvalue weighted by Crippen LogP contribution is -2.19. The minimum absolute atomic E-state index is 0.0924. The molecule has 1 unspecified atom stereocenters. The quantitative estimate of drug-likeness (QED) is 0.826. The van der Waals surface area contributed by atoms with Crippen LogP contribution in [0, 0.1) is 18.6 Å². The van der Waals surface area contributed by atoms with Crippen LogP contribution in [0.25, 0.3) is 0 Å². The van der Waals surface area contributed by atoms with E-state index in [1.165, 1.54) is 23.1 Å². The van der Waals surface area contributed by atoms with E-state index in [9.17, 15) is 8.78 Å². The van der Waals surface area contributed by atoms with Gasteiger partial charge in [0.25, 0.3) is 0 Å². The number of hydrogen-bond donors (Lipinski definition) is 1. The first-order chi connectivity index (χ1) is 8.99. The molecule has 1 atom stereocenters. The van der Waals surface area contributed by atoms with Gasteiger partial charge in [0, 0.05) is 32.4 Å². The van der Waals surface area contributed by atoms with Gasteiger partial charge in [0.15, 0.2) is 0 Å². The highest BCUT2D eigenvalue weighted by Gasteiger charge is 2.15. The van der Waals surface area contributed by atoms with Gasteiger partial charge in [-0.25, -0.2) is 8.78 Å². The minimum Gasteiger partial charge on any atom is -0.305 e. The van der Waals surface area contributed by atoms with E-state index < -0.39 is 11.6 Å². The normalized spacial score (nSPS) is 12.7. The Morgan fingerprint density at radius 1 is 1.32 bits per heavy atom. The fourth-order valence-corrected chi connectivity index (χ4v) is 3.44. The molecule has 102 valence electrons. The van der Waals surface area contributed by atoms with Gasteiger partial charge in [0.2, 0.25) is 0 Å². The fourth-order valence-electron chi connectivity index (χ4n) is 1.89. The molecule has 0 aliphatic carbocycles. The van der Waals surface area contributed by atoms with E-state index in [2.05, 4.69) is 21.2 Å². The van der Waals surface area contributed by atoms with Crippen molar-refractivity contribution in [2.24, 2.45) is 0 Å². The van der Waals surface area contributed by atoms with E-state index in [1.54, 1.807) is 18.3 Å². The summed E-state index contributed by atoms with van der Waals surface area (Å²) >= 11 is 5.12. The molecule has 5 heteroatoms. The van der Waals surface area contributed by atoms with Crippen LogP contribution >= 0.6 is 27.3 Å². The third-order valence-corrected chi connectivity index (χ3v) is 5.06. The van der Waals surface area contributed by atoms with Gasteiger partial charge in [-0.05, 0) is 48.0 Å². The molecule has 1 heterocycles. The van der Waals surface area contributed by atoms with Gasteiger partial charge in [-0.2, -0.15) is 0 Å². The fraction of sp³-hybridized carbons (Fsp3) is 0.286. The Morgan fingerprint density at radius 3 is 2.47 bits per heavy atom. The van der Waals surface area contributed by atoms with Gasteiger partial charge in [0.05, 0.1) is 0 Å². The molecule has 0 radical (unpaired) electrons. The largest absolute Gasteiger partial charge is 0.305 e. The zero-order valence-electron chi connectivity index (χ0n) is 10.6. The molecule has 2 rings (SSSR count). The summed E-state index contributed by atoms with van der Waals surface area (Å²) < 4.78 is 28.3.